The number of likely N-dealkylation sites (tertiary alicyclic amines) is 1. The normalized spacial score (nSPS) is 32.1. The highest BCUT2D eigenvalue weighted by atomic mass is 35.5. The minimum absolute atomic E-state index is 0.0322. The van der Waals surface area contributed by atoms with E-state index >= 15 is 0 Å². The summed E-state index contributed by atoms with van der Waals surface area (Å²) in [6.07, 6.45) is 1.94. The molecule has 2 bridgehead atoms. The van der Waals surface area contributed by atoms with Crippen molar-refractivity contribution in [2.24, 2.45) is 11.8 Å². The molecule has 0 aromatic heterocycles. The molecule has 2 N–H and O–H groups in total. The monoisotopic (exact) mass is 466 g/mol. The van der Waals surface area contributed by atoms with Crippen LogP contribution in [-0.2, 0) is 19.1 Å². The Morgan fingerprint density at radius 1 is 1.35 bits per heavy atom. The lowest BCUT2D eigenvalue weighted by Gasteiger charge is -2.36. The van der Waals surface area contributed by atoms with E-state index < -0.39 is 28.7 Å². The van der Waals surface area contributed by atoms with E-state index in [2.05, 4.69) is 5.32 Å². The lowest BCUT2D eigenvalue weighted by atomic mass is 9.71. The Balaban J connectivity index is 1.72. The molecule has 31 heavy (non-hydrogen) atoms. The van der Waals surface area contributed by atoms with Gasteiger partial charge in [0.25, 0.3) is 0 Å². The third-order valence-electron chi connectivity index (χ3n) is 6.73. The number of hydrogen-bond acceptors (Lipinski definition) is 6. The summed E-state index contributed by atoms with van der Waals surface area (Å²) in [5.41, 5.74) is 0.582. The maximum atomic E-state index is 13.7. The van der Waals surface area contributed by atoms with Gasteiger partial charge in [-0.3, -0.25) is 14.4 Å². The highest BCUT2D eigenvalue weighted by molar-refractivity contribution is 8.02. The van der Waals surface area contributed by atoms with E-state index in [0.717, 1.165) is 6.42 Å². The van der Waals surface area contributed by atoms with Crippen LogP contribution in [0.4, 0.5) is 5.69 Å². The van der Waals surface area contributed by atoms with Crippen LogP contribution in [0, 0.1) is 11.8 Å². The summed E-state index contributed by atoms with van der Waals surface area (Å²) in [5, 5.41) is 13.4. The molecule has 7 nitrogen and oxygen atoms in total. The molecule has 1 aromatic rings. The number of nitrogens with one attached hydrogen (secondary N) is 1. The van der Waals surface area contributed by atoms with Crippen molar-refractivity contribution >= 4 is 46.8 Å². The number of carbonyl (C=O) groups excluding carboxylic acids is 3. The molecule has 0 saturated carbocycles. The number of nitrogens with zero attached hydrogens (tertiary/aromatic N) is 1. The summed E-state index contributed by atoms with van der Waals surface area (Å²) in [6.45, 7) is 3.63. The predicted octanol–water partition coefficient (Wildman–Crippen LogP) is 2.70. The van der Waals surface area contributed by atoms with E-state index in [9.17, 15) is 19.5 Å². The molecule has 3 aliphatic heterocycles. The Hall–Kier alpha value is -1.77. The zero-order valence-corrected chi connectivity index (χ0v) is 19.1. The summed E-state index contributed by atoms with van der Waals surface area (Å²) >= 11 is 7.53. The van der Waals surface area contributed by atoms with Crippen molar-refractivity contribution in [1.82, 2.24) is 4.90 Å². The van der Waals surface area contributed by atoms with Crippen LogP contribution in [-0.4, -0.2) is 63.1 Å². The van der Waals surface area contributed by atoms with E-state index in [0.29, 0.717) is 23.6 Å². The van der Waals surface area contributed by atoms with Gasteiger partial charge in [-0.2, -0.15) is 0 Å². The highest BCUT2D eigenvalue weighted by Crippen LogP contribution is 2.66. The van der Waals surface area contributed by atoms with Crippen LogP contribution in [0.1, 0.15) is 33.1 Å². The number of rotatable bonds is 7. The number of benzene rings is 1. The molecule has 2 unspecified atom stereocenters. The lowest BCUT2D eigenvalue weighted by Crippen LogP contribution is -2.54. The number of carbonyl (C=O) groups is 3. The van der Waals surface area contributed by atoms with Gasteiger partial charge in [-0.05, 0) is 50.5 Å². The quantitative estimate of drug-likeness (QED) is 0.600. The summed E-state index contributed by atoms with van der Waals surface area (Å²) in [5.74, 6) is -2.07. The Kier molecular flexibility index (Phi) is 6.25. The number of thioether (sulfide) groups is 1. The maximum Gasteiger partial charge on any atom is 0.310 e. The summed E-state index contributed by atoms with van der Waals surface area (Å²) in [6, 6.07) is 5.53. The molecule has 4 rings (SSSR count). The summed E-state index contributed by atoms with van der Waals surface area (Å²) in [7, 11) is 0. The zero-order valence-electron chi connectivity index (χ0n) is 17.5. The number of esters is 1. The number of anilines is 1. The maximum absolute atomic E-state index is 13.7. The molecular weight excluding hydrogens is 440 g/mol. The first-order valence-corrected chi connectivity index (χ1v) is 12.0. The largest absolute Gasteiger partial charge is 0.466 e. The van der Waals surface area contributed by atoms with Crippen molar-refractivity contribution in [3.63, 3.8) is 0 Å². The minimum atomic E-state index is -0.771. The average Bonchev–Trinajstić information content (AvgIpc) is 3.39. The van der Waals surface area contributed by atoms with E-state index in [-0.39, 0.29) is 36.2 Å². The second-order valence-electron chi connectivity index (χ2n) is 8.29. The Morgan fingerprint density at radius 3 is 2.68 bits per heavy atom. The molecule has 0 aliphatic carbocycles. The van der Waals surface area contributed by atoms with Crippen molar-refractivity contribution < 1.29 is 24.2 Å². The fourth-order valence-electron chi connectivity index (χ4n) is 5.45. The van der Waals surface area contributed by atoms with Crippen LogP contribution in [0.5, 0.6) is 0 Å². The third kappa shape index (κ3) is 3.52. The van der Waals surface area contributed by atoms with Gasteiger partial charge in [0.2, 0.25) is 11.8 Å². The van der Waals surface area contributed by atoms with Crippen LogP contribution in [0.25, 0.3) is 0 Å². The fraction of sp³-hybridized carbons (Fsp3) is 0.591. The summed E-state index contributed by atoms with van der Waals surface area (Å²) < 4.78 is 4.60. The number of fused-ring (bicyclic) bond motifs is 1. The lowest BCUT2D eigenvalue weighted by molar-refractivity contribution is -0.154. The molecule has 3 heterocycles. The number of hydrogen-bond donors (Lipinski definition) is 2. The number of halogens is 1. The molecule has 1 spiro atoms. The standard InChI is InChI=1S/C22H27ClN2O5S/c1-3-14(11-26)25-18(19(27)24-13-7-5-12(23)6-8-13)22-10-9-15(31-22)16(17(22)20(25)28)21(29)30-4-2/h5-8,14-18,26H,3-4,9-11H2,1-2H3,(H,24,27)/t14-,15-,16+,17-,18?,22?/m0/s1. The van der Waals surface area contributed by atoms with Gasteiger partial charge in [-0.1, -0.05) is 18.5 Å². The van der Waals surface area contributed by atoms with E-state index in [1.54, 1.807) is 43.0 Å². The van der Waals surface area contributed by atoms with Gasteiger partial charge in [-0.15, -0.1) is 11.8 Å². The number of aliphatic hydroxyl groups is 1. The van der Waals surface area contributed by atoms with Crippen molar-refractivity contribution in [2.45, 2.75) is 55.2 Å². The van der Waals surface area contributed by atoms with Gasteiger partial charge < -0.3 is 20.1 Å². The van der Waals surface area contributed by atoms with Gasteiger partial charge in [0.05, 0.1) is 35.8 Å². The summed E-state index contributed by atoms with van der Waals surface area (Å²) in [4.78, 5) is 41.5. The first kappa shape index (κ1) is 22.4. The molecule has 3 aliphatic rings. The topological polar surface area (TPSA) is 95.9 Å². The molecular formula is C22H27ClN2O5S. The molecule has 3 saturated heterocycles. The van der Waals surface area contributed by atoms with Crippen molar-refractivity contribution in [3.05, 3.63) is 29.3 Å². The van der Waals surface area contributed by atoms with E-state index in [1.165, 1.54) is 4.90 Å². The van der Waals surface area contributed by atoms with Crippen LogP contribution >= 0.6 is 23.4 Å². The molecule has 2 amide bonds. The Bertz CT molecular complexity index is 877. The molecule has 1 aromatic carbocycles. The molecule has 9 heteroatoms. The highest BCUT2D eigenvalue weighted by Gasteiger charge is 2.74. The van der Waals surface area contributed by atoms with Crippen LogP contribution in [0.3, 0.4) is 0 Å². The molecule has 3 fully saturated rings. The SMILES string of the molecule is CCOC(=O)[C@@H]1[C@@H]2CCC3(S2)C(C(=O)Nc2ccc(Cl)cc2)N([C@@H](CC)CO)C(=O)[C@H]13. The Morgan fingerprint density at radius 2 is 2.06 bits per heavy atom. The number of amides is 2. The van der Waals surface area contributed by atoms with Crippen LogP contribution in [0.15, 0.2) is 24.3 Å². The van der Waals surface area contributed by atoms with Crippen LogP contribution < -0.4 is 5.32 Å². The first-order valence-electron chi connectivity index (χ1n) is 10.7. The first-order chi connectivity index (χ1) is 14.9. The van der Waals surface area contributed by atoms with Crippen molar-refractivity contribution in [1.29, 1.82) is 0 Å². The van der Waals surface area contributed by atoms with Crippen LogP contribution in [0.2, 0.25) is 5.02 Å². The molecule has 0 radical (unpaired) electrons. The van der Waals surface area contributed by atoms with Gasteiger partial charge in [0.15, 0.2) is 0 Å². The van der Waals surface area contributed by atoms with Gasteiger partial charge in [0.1, 0.15) is 6.04 Å². The zero-order chi connectivity index (χ0) is 22.3. The van der Waals surface area contributed by atoms with Crippen molar-refractivity contribution in [2.75, 3.05) is 18.5 Å². The van der Waals surface area contributed by atoms with Crippen molar-refractivity contribution in [3.8, 4) is 0 Å². The third-order valence-corrected chi connectivity index (χ3v) is 8.94. The second kappa shape index (κ2) is 8.64. The average molecular weight is 467 g/mol. The minimum Gasteiger partial charge on any atom is -0.466 e. The van der Waals surface area contributed by atoms with E-state index in [1.807, 2.05) is 6.92 Å². The van der Waals surface area contributed by atoms with Gasteiger partial charge >= 0.3 is 5.97 Å². The molecule has 168 valence electrons. The number of aliphatic hydroxyl groups excluding tert-OH is 1. The predicted molar refractivity (Wildman–Crippen MR) is 119 cm³/mol. The molecule has 6 atom stereocenters. The number of ether oxygens (including phenoxy) is 1. The fourth-order valence-corrected chi connectivity index (χ4v) is 7.77. The van der Waals surface area contributed by atoms with Gasteiger partial charge in [0, 0.05) is 16.0 Å². The van der Waals surface area contributed by atoms with Gasteiger partial charge in [-0.25, -0.2) is 0 Å². The second-order valence-corrected chi connectivity index (χ2v) is 10.3. The Labute approximate surface area is 190 Å². The van der Waals surface area contributed by atoms with E-state index in [4.69, 9.17) is 16.3 Å². The smallest absolute Gasteiger partial charge is 0.310 e.